The van der Waals surface area contributed by atoms with Crippen LogP contribution in [0.3, 0.4) is 0 Å². The van der Waals surface area contributed by atoms with E-state index in [-0.39, 0.29) is 5.17 Å². The van der Waals surface area contributed by atoms with E-state index in [1.54, 1.807) is 18.5 Å². The quantitative estimate of drug-likeness (QED) is 0.308. The maximum Gasteiger partial charge on any atom is 0.256 e. The first-order chi connectivity index (χ1) is 12.5. The first-order valence-electron chi connectivity index (χ1n) is 8.09. The molecule has 0 aliphatic rings. The van der Waals surface area contributed by atoms with E-state index in [4.69, 9.17) is 28.5 Å². The smallest absolute Gasteiger partial charge is 0.256 e. The highest BCUT2D eigenvalue weighted by atomic mass is 32.1. The summed E-state index contributed by atoms with van der Waals surface area (Å²) < 4.78 is 6.68. The number of thiocarbonyl (C=S) groups is 1. The number of nitrogens with two attached hydrogens (primary N) is 2. The lowest BCUT2D eigenvalue weighted by atomic mass is 10.2. The van der Waals surface area contributed by atoms with Crippen LogP contribution in [0.4, 0.5) is 5.69 Å². The van der Waals surface area contributed by atoms with Crippen molar-refractivity contribution >= 4 is 29.4 Å². The number of methoxy groups -OCH3 is 1. The summed E-state index contributed by atoms with van der Waals surface area (Å²) in [6.07, 6.45) is 5.98. The van der Waals surface area contributed by atoms with Gasteiger partial charge in [-0.15, -0.1) is 0 Å². The van der Waals surface area contributed by atoms with E-state index < -0.39 is 0 Å². The summed E-state index contributed by atoms with van der Waals surface area (Å²) in [5.41, 5.74) is 8.69. The van der Waals surface area contributed by atoms with Gasteiger partial charge in [-0.1, -0.05) is 13.8 Å². The number of rotatable bonds is 6. The lowest BCUT2D eigenvalue weighted by Crippen LogP contribution is -2.31. The van der Waals surface area contributed by atoms with Crippen LogP contribution in [0.1, 0.15) is 24.2 Å². The van der Waals surface area contributed by atoms with Gasteiger partial charge in [-0.3, -0.25) is 9.80 Å². The summed E-state index contributed by atoms with van der Waals surface area (Å²) in [5, 5.41) is 4.51. The Kier molecular flexibility index (Phi) is 8.90. The Morgan fingerprint density at radius 3 is 2.50 bits per heavy atom. The number of hydrogen-bond acceptors (Lipinski definition) is 6. The zero-order chi connectivity index (χ0) is 19.5. The minimum Gasteiger partial charge on any atom is -0.474 e. The van der Waals surface area contributed by atoms with Crippen molar-refractivity contribution in [3.05, 3.63) is 60.2 Å². The van der Waals surface area contributed by atoms with Gasteiger partial charge >= 0.3 is 0 Å². The van der Waals surface area contributed by atoms with Gasteiger partial charge < -0.3 is 20.4 Å². The number of carbonyl (C=O) groups is 1. The number of carbonyl (C=O) groups excluding carboxylic acids is 1. The van der Waals surface area contributed by atoms with Crippen molar-refractivity contribution in [1.82, 2.24) is 9.88 Å². The molecule has 26 heavy (non-hydrogen) atoms. The number of anilines is 1. The fourth-order valence-corrected chi connectivity index (χ4v) is 2.06. The third kappa shape index (κ3) is 6.23. The summed E-state index contributed by atoms with van der Waals surface area (Å²) >= 11 is 4.87. The molecule has 1 heterocycles. The molecule has 1 aromatic heterocycles. The molecule has 0 saturated heterocycles. The van der Waals surface area contributed by atoms with Gasteiger partial charge in [-0.05, 0) is 42.5 Å². The Hall–Kier alpha value is -2.84. The molecule has 0 aliphatic heterocycles. The molecule has 0 amide bonds. The van der Waals surface area contributed by atoms with E-state index >= 15 is 0 Å². The monoisotopic (exact) mass is 375 g/mol. The summed E-state index contributed by atoms with van der Waals surface area (Å²) in [7, 11) is 1.48. The van der Waals surface area contributed by atoms with Gasteiger partial charge in [-0.2, -0.15) is 0 Å². The predicted octanol–water partition coefficient (Wildman–Crippen LogP) is 2.32. The normalized spacial score (nSPS) is 10.4. The van der Waals surface area contributed by atoms with Crippen LogP contribution >= 0.6 is 12.2 Å². The lowest BCUT2D eigenvalue weighted by Gasteiger charge is -2.16. The largest absolute Gasteiger partial charge is 0.474 e. The van der Waals surface area contributed by atoms with E-state index in [1.807, 2.05) is 48.9 Å². The van der Waals surface area contributed by atoms with Crippen molar-refractivity contribution < 1.29 is 9.53 Å². The van der Waals surface area contributed by atoms with Gasteiger partial charge in [0.15, 0.2) is 6.29 Å². The highest BCUT2D eigenvalue weighted by Gasteiger charge is 2.03. The standard InChI is InChI=1S/C16H19N5O2S.C2H6/c1-23-16(24)19-8-13(17)10-21(18)15-4-2-14(3-5-15)20-7-6-12(9-20)11-22;1-2/h2-7,9-11H,8,17-18H2,1H3,(H,19,24);1-2H3/b13-10-;. The van der Waals surface area contributed by atoms with Gasteiger partial charge in [0.05, 0.1) is 19.3 Å². The molecule has 0 aliphatic carbocycles. The molecule has 5 N–H and O–H groups in total. The number of hydrazine groups is 1. The third-order valence-electron chi connectivity index (χ3n) is 3.22. The van der Waals surface area contributed by atoms with Crippen LogP contribution in [0.25, 0.3) is 5.69 Å². The first-order valence-corrected chi connectivity index (χ1v) is 8.50. The van der Waals surface area contributed by atoms with Crippen LogP contribution in [0.5, 0.6) is 0 Å². The molecule has 0 fully saturated rings. The fraction of sp³-hybridized carbons (Fsp3) is 0.222. The van der Waals surface area contributed by atoms with Crippen LogP contribution in [0.15, 0.2) is 54.6 Å². The van der Waals surface area contributed by atoms with Crippen molar-refractivity contribution in [2.75, 3.05) is 18.7 Å². The number of benzene rings is 1. The molecular weight excluding hydrogens is 350 g/mol. The maximum atomic E-state index is 10.7. The molecule has 2 aromatic rings. The number of aldehydes is 1. The van der Waals surface area contributed by atoms with Crippen LogP contribution in [0.2, 0.25) is 0 Å². The van der Waals surface area contributed by atoms with Gasteiger partial charge in [0.2, 0.25) is 0 Å². The highest BCUT2D eigenvalue weighted by molar-refractivity contribution is 7.80. The zero-order valence-corrected chi connectivity index (χ0v) is 16.0. The second-order valence-corrected chi connectivity index (χ2v) is 5.31. The van der Waals surface area contributed by atoms with Crippen LogP contribution in [-0.4, -0.2) is 29.7 Å². The van der Waals surface area contributed by atoms with E-state index in [9.17, 15) is 4.79 Å². The number of nitrogens with zero attached hydrogens (tertiary/aromatic N) is 2. The summed E-state index contributed by atoms with van der Waals surface area (Å²) in [6, 6.07) is 9.25. The van der Waals surface area contributed by atoms with Crippen molar-refractivity contribution in [2.24, 2.45) is 11.6 Å². The third-order valence-corrected chi connectivity index (χ3v) is 3.54. The first kappa shape index (κ1) is 21.2. The minimum atomic E-state index is 0.265. The average Bonchev–Trinajstić information content (AvgIpc) is 3.17. The SMILES string of the molecule is CC.COC(=S)NC/C(N)=C/N(N)c1ccc(-n2ccc(C=O)c2)cc1. The molecule has 0 saturated carbocycles. The molecule has 1 aromatic carbocycles. The van der Waals surface area contributed by atoms with Gasteiger partial charge in [0.1, 0.15) is 0 Å². The minimum absolute atomic E-state index is 0.265. The molecule has 8 heteroatoms. The number of ether oxygens (including phenoxy) is 1. The fourth-order valence-electron chi connectivity index (χ4n) is 1.99. The van der Waals surface area contributed by atoms with Crippen LogP contribution in [0, 0.1) is 0 Å². The summed E-state index contributed by atoms with van der Waals surface area (Å²) in [5.74, 6) is 5.98. The highest BCUT2D eigenvalue weighted by Crippen LogP contribution is 2.16. The average molecular weight is 375 g/mol. The van der Waals surface area contributed by atoms with Crippen molar-refractivity contribution in [3.63, 3.8) is 0 Å². The molecule has 0 atom stereocenters. The van der Waals surface area contributed by atoms with Gasteiger partial charge in [0.25, 0.3) is 5.17 Å². The maximum absolute atomic E-state index is 10.7. The molecule has 140 valence electrons. The van der Waals surface area contributed by atoms with E-state index in [0.717, 1.165) is 17.7 Å². The molecule has 2 rings (SSSR count). The second kappa shape index (κ2) is 10.9. The van der Waals surface area contributed by atoms with E-state index in [2.05, 4.69) is 5.32 Å². The Morgan fingerprint density at radius 1 is 1.31 bits per heavy atom. The molecule has 0 unspecified atom stereocenters. The zero-order valence-electron chi connectivity index (χ0n) is 15.2. The summed E-state index contributed by atoms with van der Waals surface area (Å²) in [4.78, 5) is 10.7. The predicted molar refractivity (Wildman–Crippen MR) is 109 cm³/mol. The van der Waals surface area contributed by atoms with E-state index in [0.29, 0.717) is 17.8 Å². The molecule has 0 spiro atoms. The van der Waals surface area contributed by atoms with Crippen molar-refractivity contribution in [3.8, 4) is 5.69 Å². The molecule has 7 nitrogen and oxygen atoms in total. The Balaban J connectivity index is 0.00000163. The molecule has 0 radical (unpaired) electrons. The topological polar surface area (TPSA) is 98.5 Å². The Bertz CT molecular complexity index is 740. The van der Waals surface area contributed by atoms with E-state index in [1.165, 1.54) is 12.1 Å². The number of aromatic nitrogens is 1. The van der Waals surface area contributed by atoms with Gasteiger partial charge in [-0.25, -0.2) is 5.84 Å². The van der Waals surface area contributed by atoms with Crippen molar-refractivity contribution in [1.29, 1.82) is 0 Å². The lowest BCUT2D eigenvalue weighted by molar-refractivity contribution is 0.112. The Morgan fingerprint density at radius 2 is 1.96 bits per heavy atom. The van der Waals surface area contributed by atoms with Crippen LogP contribution < -0.4 is 21.9 Å². The van der Waals surface area contributed by atoms with Gasteiger partial charge in [0, 0.05) is 35.5 Å². The molecular formula is C18H25N5O2S. The summed E-state index contributed by atoms with van der Waals surface area (Å²) in [6.45, 7) is 4.33. The number of nitrogens with one attached hydrogen (secondary N) is 1. The number of hydrogen-bond donors (Lipinski definition) is 3. The second-order valence-electron chi connectivity index (χ2n) is 4.94. The molecule has 0 bridgehead atoms. The Labute approximate surface area is 159 Å². The van der Waals surface area contributed by atoms with Crippen LogP contribution in [-0.2, 0) is 4.74 Å². The van der Waals surface area contributed by atoms with Crippen molar-refractivity contribution in [2.45, 2.75) is 13.8 Å².